The van der Waals surface area contributed by atoms with Crippen LogP contribution in [-0.2, 0) is 0 Å². The quantitative estimate of drug-likeness (QED) is 0.743. The van der Waals surface area contributed by atoms with Crippen molar-refractivity contribution in [3.63, 3.8) is 0 Å². The van der Waals surface area contributed by atoms with Crippen molar-refractivity contribution in [3.05, 3.63) is 67.2 Å². The van der Waals surface area contributed by atoms with Crippen LogP contribution in [0.3, 0.4) is 0 Å². The molecule has 0 radical (unpaired) electrons. The third-order valence-electron chi connectivity index (χ3n) is 3.33. The second kappa shape index (κ2) is 6.25. The molecular formula is C16H17ClIN. The van der Waals surface area contributed by atoms with Crippen LogP contribution in [-0.4, -0.2) is 7.05 Å². The lowest BCUT2D eigenvalue weighted by molar-refractivity contribution is 0.686. The number of halogens is 2. The van der Waals surface area contributed by atoms with Crippen molar-refractivity contribution in [1.82, 2.24) is 5.32 Å². The molecular weight excluding hydrogens is 369 g/mol. The topological polar surface area (TPSA) is 12.0 Å². The molecule has 0 amide bonds. The summed E-state index contributed by atoms with van der Waals surface area (Å²) in [7, 11) is 1.99. The number of nitrogens with one attached hydrogen (secondary N) is 1. The second-order valence-electron chi connectivity index (χ2n) is 4.73. The predicted octanol–water partition coefficient (Wildman–Crippen LogP) is 4.87. The van der Waals surface area contributed by atoms with Gasteiger partial charge in [0.1, 0.15) is 0 Å². The minimum absolute atomic E-state index is 0.200. The van der Waals surface area contributed by atoms with E-state index in [1.54, 1.807) is 0 Å². The van der Waals surface area contributed by atoms with Gasteiger partial charge in [-0.3, -0.25) is 0 Å². The van der Waals surface area contributed by atoms with Gasteiger partial charge < -0.3 is 5.32 Å². The minimum Gasteiger partial charge on any atom is -0.309 e. The molecule has 0 saturated heterocycles. The van der Waals surface area contributed by atoms with Crippen molar-refractivity contribution in [2.75, 3.05) is 7.05 Å². The van der Waals surface area contributed by atoms with Gasteiger partial charge in [0.25, 0.3) is 0 Å². The van der Waals surface area contributed by atoms with E-state index in [4.69, 9.17) is 11.6 Å². The Morgan fingerprint density at radius 2 is 1.84 bits per heavy atom. The zero-order valence-corrected chi connectivity index (χ0v) is 14.2. The Kier molecular flexibility index (Phi) is 4.87. The van der Waals surface area contributed by atoms with Gasteiger partial charge in [0.2, 0.25) is 0 Å². The van der Waals surface area contributed by atoms with Crippen molar-refractivity contribution < 1.29 is 0 Å². The number of aryl methyl sites for hydroxylation is 2. The van der Waals surface area contributed by atoms with Crippen LogP contribution in [0.15, 0.2) is 36.4 Å². The van der Waals surface area contributed by atoms with Gasteiger partial charge in [0.05, 0.1) is 6.04 Å². The molecule has 0 bridgehead atoms. The van der Waals surface area contributed by atoms with Gasteiger partial charge in [0, 0.05) is 8.59 Å². The molecule has 100 valence electrons. The third kappa shape index (κ3) is 3.30. The van der Waals surface area contributed by atoms with E-state index < -0.39 is 0 Å². The highest BCUT2D eigenvalue weighted by atomic mass is 127. The van der Waals surface area contributed by atoms with Crippen LogP contribution in [0, 0.1) is 17.4 Å². The fourth-order valence-corrected chi connectivity index (χ4v) is 3.09. The summed E-state index contributed by atoms with van der Waals surface area (Å²) in [6.45, 7) is 4.16. The molecule has 0 fully saturated rings. The van der Waals surface area contributed by atoms with Crippen molar-refractivity contribution in [1.29, 1.82) is 0 Å². The van der Waals surface area contributed by atoms with Crippen LogP contribution in [0.1, 0.15) is 28.3 Å². The summed E-state index contributed by atoms with van der Waals surface area (Å²) in [5.74, 6) is 0. The minimum atomic E-state index is 0.200. The van der Waals surface area contributed by atoms with Gasteiger partial charge in [0.15, 0.2) is 0 Å². The Labute approximate surface area is 133 Å². The fourth-order valence-electron chi connectivity index (χ4n) is 2.30. The molecule has 0 saturated carbocycles. The molecule has 0 aromatic heterocycles. The first-order valence-electron chi connectivity index (χ1n) is 6.22. The van der Waals surface area contributed by atoms with Gasteiger partial charge >= 0.3 is 0 Å². The molecule has 0 heterocycles. The molecule has 1 atom stereocenters. The fraction of sp³-hybridized carbons (Fsp3) is 0.250. The van der Waals surface area contributed by atoms with E-state index in [2.05, 4.69) is 65.2 Å². The summed E-state index contributed by atoms with van der Waals surface area (Å²) < 4.78 is 1.25. The maximum absolute atomic E-state index is 6.18. The van der Waals surface area contributed by atoms with Gasteiger partial charge in [-0.15, -0.1) is 0 Å². The molecule has 3 heteroatoms. The average Bonchev–Trinajstić information content (AvgIpc) is 2.36. The van der Waals surface area contributed by atoms with E-state index in [-0.39, 0.29) is 6.04 Å². The maximum Gasteiger partial charge on any atom is 0.0577 e. The Bertz CT molecular complexity index is 595. The SMILES string of the molecule is CNC(c1cccc(I)c1)c1cc(C)c(Cl)cc1C. The summed E-state index contributed by atoms with van der Waals surface area (Å²) in [6.07, 6.45) is 0. The van der Waals surface area contributed by atoms with Crippen LogP contribution in [0.4, 0.5) is 0 Å². The van der Waals surface area contributed by atoms with Gasteiger partial charge in [-0.2, -0.15) is 0 Å². The van der Waals surface area contributed by atoms with E-state index in [0.29, 0.717) is 0 Å². The maximum atomic E-state index is 6.18. The number of hydrogen-bond donors (Lipinski definition) is 1. The molecule has 1 N–H and O–H groups in total. The Hall–Kier alpha value is -0.580. The molecule has 2 rings (SSSR count). The molecule has 1 nitrogen and oxygen atoms in total. The zero-order valence-electron chi connectivity index (χ0n) is 11.3. The normalized spacial score (nSPS) is 12.5. The van der Waals surface area contributed by atoms with Gasteiger partial charge in [-0.1, -0.05) is 29.8 Å². The van der Waals surface area contributed by atoms with E-state index >= 15 is 0 Å². The number of benzene rings is 2. The highest BCUT2D eigenvalue weighted by molar-refractivity contribution is 14.1. The van der Waals surface area contributed by atoms with E-state index in [0.717, 1.165) is 10.6 Å². The number of rotatable bonds is 3. The van der Waals surface area contributed by atoms with Gasteiger partial charge in [-0.25, -0.2) is 0 Å². The van der Waals surface area contributed by atoms with E-state index in [1.807, 2.05) is 20.0 Å². The summed E-state index contributed by atoms with van der Waals surface area (Å²) in [6, 6.07) is 13.0. The van der Waals surface area contributed by atoms with Crippen molar-refractivity contribution in [2.24, 2.45) is 0 Å². The summed E-state index contributed by atoms with van der Waals surface area (Å²) in [4.78, 5) is 0. The highest BCUT2D eigenvalue weighted by Gasteiger charge is 2.15. The lowest BCUT2D eigenvalue weighted by Crippen LogP contribution is -2.19. The lowest BCUT2D eigenvalue weighted by atomic mass is 9.94. The summed E-state index contributed by atoms with van der Waals surface area (Å²) in [5.41, 5.74) is 4.90. The summed E-state index contributed by atoms with van der Waals surface area (Å²) >= 11 is 8.53. The second-order valence-corrected chi connectivity index (χ2v) is 6.39. The molecule has 0 spiro atoms. The van der Waals surface area contributed by atoms with Crippen molar-refractivity contribution in [2.45, 2.75) is 19.9 Å². The molecule has 0 aliphatic carbocycles. The predicted molar refractivity (Wildman–Crippen MR) is 91.0 cm³/mol. The molecule has 1 unspecified atom stereocenters. The molecule has 0 aliphatic heterocycles. The van der Waals surface area contributed by atoms with E-state index in [1.165, 1.54) is 20.3 Å². The molecule has 2 aromatic carbocycles. The molecule has 2 aromatic rings. The first-order chi connectivity index (χ1) is 9.02. The monoisotopic (exact) mass is 385 g/mol. The first kappa shape index (κ1) is 14.8. The van der Waals surface area contributed by atoms with Crippen LogP contribution in [0.25, 0.3) is 0 Å². The Morgan fingerprint density at radius 1 is 1.11 bits per heavy atom. The van der Waals surface area contributed by atoms with Crippen LogP contribution >= 0.6 is 34.2 Å². The standard InChI is InChI=1S/C16H17ClIN/c1-10-8-15(17)11(2)7-14(10)16(19-3)12-5-4-6-13(18)9-12/h4-9,16,19H,1-3H3. The van der Waals surface area contributed by atoms with Crippen molar-refractivity contribution >= 4 is 34.2 Å². The number of hydrogen-bond acceptors (Lipinski definition) is 1. The average molecular weight is 386 g/mol. The molecule has 19 heavy (non-hydrogen) atoms. The zero-order chi connectivity index (χ0) is 14.0. The summed E-state index contributed by atoms with van der Waals surface area (Å²) in [5, 5.41) is 4.24. The third-order valence-corrected chi connectivity index (χ3v) is 4.41. The van der Waals surface area contributed by atoms with Crippen LogP contribution in [0.5, 0.6) is 0 Å². The van der Waals surface area contributed by atoms with Crippen LogP contribution in [0.2, 0.25) is 5.02 Å². The first-order valence-corrected chi connectivity index (χ1v) is 7.68. The van der Waals surface area contributed by atoms with Gasteiger partial charge in [-0.05, 0) is 83.9 Å². The van der Waals surface area contributed by atoms with E-state index in [9.17, 15) is 0 Å². The molecule has 0 aliphatic rings. The Balaban J connectivity index is 2.51. The van der Waals surface area contributed by atoms with Crippen LogP contribution < -0.4 is 5.32 Å². The highest BCUT2D eigenvalue weighted by Crippen LogP contribution is 2.29. The van der Waals surface area contributed by atoms with Crippen molar-refractivity contribution in [3.8, 4) is 0 Å². The largest absolute Gasteiger partial charge is 0.309 e. The Morgan fingerprint density at radius 3 is 2.47 bits per heavy atom. The smallest absolute Gasteiger partial charge is 0.0577 e. The lowest BCUT2D eigenvalue weighted by Gasteiger charge is -2.21.